The number of nitrogens with one attached hydrogen (secondary N) is 1. The lowest BCUT2D eigenvalue weighted by Crippen LogP contribution is -2.32. The number of hydrogen-bond acceptors (Lipinski definition) is 6. The van der Waals surface area contributed by atoms with Gasteiger partial charge in [-0.3, -0.25) is 4.79 Å². The number of rotatable bonds is 6. The van der Waals surface area contributed by atoms with E-state index >= 15 is 0 Å². The van der Waals surface area contributed by atoms with Gasteiger partial charge in [-0.05, 0) is 18.9 Å². The second-order valence-electron chi connectivity index (χ2n) is 5.73. The molecule has 0 radical (unpaired) electrons. The molecule has 0 saturated heterocycles. The summed E-state index contributed by atoms with van der Waals surface area (Å²) in [5.41, 5.74) is 1.65. The molecule has 0 saturated carbocycles. The quantitative estimate of drug-likeness (QED) is 0.716. The molecule has 3 aromatic rings. The fourth-order valence-electron chi connectivity index (χ4n) is 2.42. The number of aliphatic hydroxyl groups excluding tert-OH is 1. The maximum absolute atomic E-state index is 12.0. The lowest BCUT2D eigenvalue weighted by molar-refractivity contribution is 0.158. The van der Waals surface area contributed by atoms with E-state index in [-0.39, 0.29) is 11.6 Å². The number of aromatic nitrogens is 3. The zero-order valence-electron chi connectivity index (χ0n) is 13.6. The highest BCUT2D eigenvalue weighted by Gasteiger charge is 2.17. The van der Waals surface area contributed by atoms with Gasteiger partial charge >= 0.3 is 0 Å². The summed E-state index contributed by atoms with van der Waals surface area (Å²) in [4.78, 5) is 17.0. The number of aryl methyl sites for hydroxylation is 1. The van der Waals surface area contributed by atoms with Crippen LogP contribution in [0.25, 0.3) is 4.96 Å². The highest BCUT2D eigenvalue weighted by atomic mass is 32.1. The smallest absolute Gasteiger partial charge is 0.275 e. The minimum Gasteiger partial charge on any atom is -0.391 e. The van der Waals surface area contributed by atoms with Crippen LogP contribution in [0.15, 0.2) is 41.2 Å². The number of nitrogens with zero attached hydrogens (tertiary/aromatic N) is 3. The summed E-state index contributed by atoms with van der Waals surface area (Å²) in [5.74, 6) is 0. The van der Waals surface area contributed by atoms with Crippen molar-refractivity contribution in [3.05, 3.63) is 58.0 Å². The Kier molecular flexibility index (Phi) is 4.92. The van der Waals surface area contributed by atoms with Crippen LogP contribution in [-0.4, -0.2) is 31.9 Å². The number of benzene rings is 1. The minimum atomic E-state index is -0.560. The highest BCUT2D eigenvalue weighted by Crippen LogP contribution is 2.19. The van der Waals surface area contributed by atoms with Crippen LogP contribution in [0.2, 0.25) is 0 Å². The molecule has 0 aliphatic heterocycles. The minimum absolute atomic E-state index is 0.182. The first kappa shape index (κ1) is 16.6. The first-order valence-corrected chi connectivity index (χ1v) is 8.76. The Labute approximate surface area is 143 Å². The Hall–Kier alpha value is -2.25. The predicted octanol–water partition coefficient (Wildman–Crippen LogP) is 2.12. The second kappa shape index (κ2) is 7.11. The van der Waals surface area contributed by atoms with E-state index in [2.05, 4.69) is 15.4 Å². The van der Waals surface area contributed by atoms with Gasteiger partial charge in [0, 0.05) is 18.2 Å². The predicted molar refractivity (Wildman–Crippen MR) is 95.7 cm³/mol. The molecule has 7 heteroatoms. The van der Waals surface area contributed by atoms with Gasteiger partial charge in [-0.15, -0.1) is 5.10 Å². The van der Waals surface area contributed by atoms with Crippen LogP contribution in [0.3, 0.4) is 0 Å². The molecule has 0 amide bonds. The van der Waals surface area contributed by atoms with E-state index in [1.165, 1.54) is 21.9 Å². The molecule has 1 aromatic carbocycles. The molecule has 2 N–H and O–H groups in total. The van der Waals surface area contributed by atoms with E-state index in [4.69, 9.17) is 0 Å². The van der Waals surface area contributed by atoms with Crippen molar-refractivity contribution < 1.29 is 5.11 Å². The second-order valence-corrected chi connectivity index (χ2v) is 6.69. The van der Waals surface area contributed by atoms with Crippen LogP contribution >= 0.6 is 11.3 Å². The molecule has 24 heavy (non-hydrogen) atoms. The van der Waals surface area contributed by atoms with Crippen molar-refractivity contribution in [2.75, 3.05) is 5.32 Å². The molecule has 6 nitrogen and oxygen atoms in total. The van der Waals surface area contributed by atoms with Gasteiger partial charge in [0.2, 0.25) is 10.1 Å². The molecule has 0 bridgehead atoms. The SMILES string of the molecule is CCc1cc(=O)n2nc(NC(C)C(O)Cc3ccccc3)sc2n1. The average Bonchev–Trinajstić information content (AvgIpc) is 2.98. The van der Waals surface area contributed by atoms with Crippen LogP contribution in [0.4, 0.5) is 5.13 Å². The van der Waals surface area contributed by atoms with Gasteiger partial charge in [0.25, 0.3) is 5.56 Å². The van der Waals surface area contributed by atoms with Crippen LogP contribution in [0.5, 0.6) is 0 Å². The zero-order chi connectivity index (χ0) is 17.1. The standard InChI is InChI=1S/C17H20N4O2S/c1-3-13-10-15(23)21-17(19-13)24-16(20-21)18-11(2)14(22)9-12-7-5-4-6-8-12/h4-8,10-11,14,22H,3,9H2,1-2H3,(H,18,20). The van der Waals surface area contributed by atoms with Crippen molar-refractivity contribution in [1.29, 1.82) is 0 Å². The third-order valence-corrected chi connectivity index (χ3v) is 4.72. The molecule has 0 fully saturated rings. The summed E-state index contributed by atoms with van der Waals surface area (Å²) in [7, 11) is 0. The van der Waals surface area contributed by atoms with E-state index in [9.17, 15) is 9.90 Å². The third-order valence-electron chi connectivity index (χ3n) is 3.88. The molecular weight excluding hydrogens is 324 g/mol. The average molecular weight is 344 g/mol. The molecular formula is C17H20N4O2S. The first-order chi connectivity index (χ1) is 11.6. The summed E-state index contributed by atoms with van der Waals surface area (Å²) in [5, 5.41) is 18.4. The van der Waals surface area contributed by atoms with Gasteiger partial charge in [-0.2, -0.15) is 4.52 Å². The maximum Gasteiger partial charge on any atom is 0.275 e. The van der Waals surface area contributed by atoms with E-state index < -0.39 is 6.10 Å². The number of fused-ring (bicyclic) bond motifs is 1. The van der Waals surface area contributed by atoms with Gasteiger partial charge in [0.1, 0.15) is 0 Å². The van der Waals surface area contributed by atoms with Crippen molar-refractivity contribution in [1.82, 2.24) is 14.6 Å². The summed E-state index contributed by atoms with van der Waals surface area (Å²) in [6, 6.07) is 11.1. The number of aliphatic hydroxyl groups is 1. The molecule has 2 atom stereocenters. The molecule has 0 aliphatic carbocycles. The Balaban J connectivity index is 1.74. The van der Waals surface area contributed by atoms with E-state index in [0.717, 1.165) is 11.3 Å². The zero-order valence-corrected chi connectivity index (χ0v) is 14.5. The summed E-state index contributed by atoms with van der Waals surface area (Å²) in [6.45, 7) is 3.85. The van der Waals surface area contributed by atoms with Crippen molar-refractivity contribution in [2.24, 2.45) is 0 Å². The van der Waals surface area contributed by atoms with Gasteiger partial charge < -0.3 is 10.4 Å². The third kappa shape index (κ3) is 3.63. The lowest BCUT2D eigenvalue weighted by Gasteiger charge is -2.19. The summed E-state index contributed by atoms with van der Waals surface area (Å²) < 4.78 is 1.29. The molecule has 126 valence electrons. The molecule has 2 unspecified atom stereocenters. The lowest BCUT2D eigenvalue weighted by atomic mass is 10.0. The fourth-order valence-corrected chi connectivity index (χ4v) is 3.34. The van der Waals surface area contributed by atoms with Gasteiger partial charge in [0.05, 0.1) is 12.1 Å². The van der Waals surface area contributed by atoms with Gasteiger partial charge in [-0.25, -0.2) is 4.98 Å². The summed E-state index contributed by atoms with van der Waals surface area (Å²) >= 11 is 1.31. The largest absolute Gasteiger partial charge is 0.391 e. The molecule has 3 rings (SSSR count). The molecule has 2 aromatic heterocycles. The van der Waals surface area contributed by atoms with Crippen LogP contribution < -0.4 is 10.9 Å². The van der Waals surface area contributed by atoms with Crippen molar-refractivity contribution >= 4 is 21.4 Å². The topological polar surface area (TPSA) is 79.5 Å². The number of hydrogen-bond donors (Lipinski definition) is 2. The van der Waals surface area contributed by atoms with E-state index in [1.54, 1.807) is 0 Å². The van der Waals surface area contributed by atoms with Crippen molar-refractivity contribution in [3.63, 3.8) is 0 Å². The Morgan fingerprint density at radius 3 is 2.79 bits per heavy atom. The Morgan fingerprint density at radius 1 is 1.33 bits per heavy atom. The van der Waals surface area contributed by atoms with Crippen LogP contribution in [0.1, 0.15) is 25.1 Å². The number of anilines is 1. The summed E-state index contributed by atoms with van der Waals surface area (Å²) in [6.07, 6.45) is 0.701. The van der Waals surface area contributed by atoms with E-state index in [0.29, 0.717) is 22.9 Å². The maximum atomic E-state index is 12.0. The normalized spacial score (nSPS) is 13.8. The van der Waals surface area contributed by atoms with Gasteiger partial charge in [0.15, 0.2) is 0 Å². The molecule has 0 spiro atoms. The molecule has 0 aliphatic rings. The van der Waals surface area contributed by atoms with Crippen LogP contribution in [0, 0.1) is 0 Å². The van der Waals surface area contributed by atoms with Crippen molar-refractivity contribution in [3.8, 4) is 0 Å². The van der Waals surface area contributed by atoms with E-state index in [1.807, 2.05) is 44.2 Å². The van der Waals surface area contributed by atoms with Crippen molar-refractivity contribution in [2.45, 2.75) is 38.8 Å². The van der Waals surface area contributed by atoms with Gasteiger partial charge in [-0.1, -0.05) is 48.6 Å². The molecule has 2 heterocycles. The Morgan fingerprint density at radius 2 is 2.08 bits per heavy atom. The highest BCUT2D eigenvalue weighted by molar-refractivity contribution is 7.20. The monoisotopic (exact) mass is 344 g/mol. The Bertz CT molecular complexity index is 875. The fraction of sp³-hybridized carbons (Fsp3) is 0.353. The van der Waals surface area contributed by atoms with Crippen LogP contribution in [-0.2, 0) is 12.8 Å². The first-order valence-electron chi connectivity index (χ1n) is 7.95.